The van der Waals surface area contributed by atoms with Crippen molar-refractivity contribution in [3.05, 3.63) is 29.8 Å². The third-order valence-corrected chi connectivity index (χ3v) is 3.58. The molecule has 0 bridgehead atoms. The van der Waals surface area contributed by atoms with Crippen LogP contribution in [-0.4, -0.2) is 18.1 Å². The lowest BCUT2D eigenvalue weighted by Crippen LogP contribution is -2.35. The molecular formula is C14H21FN2. The molecule has 0 amide bonds. The second-order valence-corrected chi connectivity index (χ2v) is 5.39. The van der Waals surface area contributed by atoms with Gasteiger partial charge in [0, 0.05) is 6.20 Å². The number of nitrogens with zero attached hydrogens (tertiary/aromatic N) is 1. The van der Waals surface area contributed by atoms with Crippen molar-refractivity contribution in [2.24, 2.45) is 11.8 Å². The van der Waals surface area contributed by atoms with Gasteiger partial charge in [0.2, 0.25) is 0 Å². The van der Waals surface area contributed by atoms with Crippen molar-refractivity contribution in [3.63, 3.8) is 0 Å². The van der Waals surface area contributed by atoms with Gasteiger partial charge < -0.3 is 5.32 Å². The Balaban J connectivity index is 1.88. The molecule has 0 spiro atoms. The third kappa shape index (κ3) is 3.03. The minimum Gasteiger partial charge on any atom is -0.316 e. The van der Waals surface area contributed by atoms with Gasteiger partial charge in [-0.3, -0.25) is 4.98 Å². The van der Waals surface area contributed by atoms with Crippen molar-refractivity contribution in [2.45, 2.75) is 32.6 Å². The fourth-order valence-corrected chi connectivity index (χ4v) is 2.47. The molecule has 1 aromatic heterocycles. The first-order valence-corrected chi connectivity index (χ1v) is 6.48. The summed E-state index contributed by atoms with van der Waals surface area (Å²) in [5, 5.41) is 3.47. The molecular weight excluding hydrogens is 215 g/mol. The summed E-state index contributed by atoms with van der Waals surface area (Å²) in [6.07, 6.45) is 5.33. The van der Waals surface area contributed by atoms with Gasteiger partial charge in [0.25, 0.3) is 0 Å². The van der Waals surface area contributed by atoms with Crippen molar-refractivity contribution in [1.82, 2.24) is 10.3 Å². The van der Waals surface area contributed by atoms with E-state index in [-0.39, 0.29) is 5.82 Å². The Hall–Kier alpha value is -0.960. The molecule has 94 valence electrons. The van der Waals surface area contributed by atoms with Gasteiger partial charge >= 0.3 is 0 Å². The summed E-state index contributed by atoms with van der Waals surface area (Å²) in [6, 6.07) is 1.83. The summed E-state index contributed by atoms with van der Waals surface area (Å²) in [6.45, 7) is 6.45. The first kappa shape index (κ1) is 12.5. The van der Waals surface area contributed by atoms with E-state index in [9.17, 15) is 4.39 Å². The molecule has 1 aromatic rings. The van der Waals surface area contributed by atoms with E-state index in [0.29, 0.717) is 17.8 Å². The van der Waals surface area contributed by atoms with E-state index in [1.165, 1.54) is 12.6 Å². The first-order chi connectivity index (χ1) is 8.18. The third-order valence-electron chi connectivity index (χ3n) is 3.58. The second kappa shape index (κ2) is 5.58. The Morgan fingerprint density at radius 2 is 2.29 bits per heavy atom. The highest BCUT2D eigenvalue weighted by Gasteiger charge is 2.33. The lowest BCUT2D eigenvalue weighted by molar-refractivity contribution is 0.238. The predicted octanol–water partition coefficient (Wildman–Crippen LogP) is 2.96. The maximum absolute atomic E-state index is 13.6. The average molecular weight is 236 g/mol. The summed E-state index contributed by atoms with van der Waals surface area (Å²) in [5.74, 6) is 1.50. The van der Waals surface area contributed by atoms with Crippen LogP contribution in [0.1, 0.15) is 38.2 Å². The topological polar surface area (TPSA) is 24.9 Å². The molecule has 0 saturated heterocycles. The number of pyridine rings is 1. The van der Waals surface area contributed by atoms with Gasteiger partial charge in [0.15, 0.2) is 0 Å². The maximum Gasteiger partial charge on any atom is 0.144 e. The van der Waals surface area contributed by atoms with E-state index in [1.54, 1.807) is 6.20 Å². The van der Waals surface area contributed by atoms with Crippen molar-refractivity contribution in [2.75, 3.05) is 13.1 Å². The van der Waals surface area contributed by atoms with E-state index in [4.69, 9.17) is 0 Å². The summed E-state index contributed by atoms with van der Waals surface area (Å²) in [7, 11) is 0. The molecule has 0 aromatic carbocycles. The molecule has 1 N–H and O–H groups in total. The number of hydrogen-bond acceptors (Lipinski definition) is 2. The zero-order valence-corrected chi connectivity index (χ0v) is 10.6. The number of halogens is 1. The van der Waals surface area contributed by atoms with Crippen molar-refractivity contribution < 1.29 is 4.39 Å². The molecule has 2 rings (SSSR count). The van der Waals surface area contributed by atoms with E-state index in [2.05, 4.69) is 24.1 Å². The van der Waals surface area contributed by atoms with Gasteiger partial charge in [-0.05, 0) is 55.3 Å². The molecule has 1 fully saturated rings. The molecule has 0 radical (unpaired) electrons. The Bertz CT molecular complexity index is 365. The second-order valence-electron chi connectivity index (χ2n) is 5.39. The molecule has 3 heteroatoms. The van der Waals surface area contributed by atoms with E-state index < -0.39 is 0 Å². The molecule has 1 aliphatic rings. The van der Waals surface area contributed by atoms with Gasteiger partial charge in [0.05, 0.1) is 6.20 Å². The van der Waals surface area contributed by atoms with Crippen molar-refractivity contribution in [1.29, 1.82) is 0 Å². The Labute approximate surface area is 103 Å². The van der Waals surface area contributed by atoms with Gasteiger partial charge in [-0.2, -0.15) is 0 Å². The lowest BCUT2D eigenvalue weighted by Gasteiger charge is -2.37. The van der Waals surface area contributed by atoms with E-state index in [1.807, 2.05) is 6.07 Å². The van der Waals surface area contributed by atoms with Crippen LogP contribution >= 0.6 is 0 Å². The van der Waals surface area contributed by atoms with Gasteiger partial charge in [-0.25, -0.2) is 4.39 Å². The van der Waals surface area contributed by atoms with Crippen LogP contribution in [0.2, 0.25) is 0 Å². The molecule has 2 atom stereocenters. The molecule has 2 unspecified atom stereocenters. The van der Waals surface area contributed by atoms with Gasteiger partial charge in [-0.15, -0.1) is 0 Å². The number of rotatable bonds is 5. The largest absolute Gasteiger partial charge is 0.316 e. The standard InChI is InChI=1S/C14H21FN2/c1-10(2)7-17-8-11-3-4-12(11)13-5-6-16-9-14(13)15/h5-6,9-12,17H,3-4,7-8H2,1-2H3. The fraction of sp³-hybridized carbons (Fsp3) is 0.643. The highest BCUT2D eigenvalue weighted by atomic mass is 19.1. The highest BCUT2D eigenvalue weighted by molar-refractivity contribution is 5.21. The molecule has 1 aliphatic carbocycles. The van der Waals surface area contributed by atoms with Crippen LogP contribution in [0.25, 0.3) is 0 Å². The minimum absolute atomic E-state index is 0.147. The van der Waals surface area contributed by atoms with Crippen LogP contribution in [0.3, 0.4) is 0 Å². The smallest absolute Gasteiger partial charge is 0.144 e. The summed E-state index contributed by atoms with van der Waals surface area (Å²) < 4.78 is 13.6. The lowest BCUT2D eigenvalue weighted by atomic mass is 9.70. The zero-order valence-electron chi connectivity index (χ0n) is 10.6. The Morgan fingerprint density at radius 1 is 1.47 bits per heavy atom. The predicted molar refractivity (Wildman–Crippen MR) is 67.4 cm³/mol. The fourth-order valence-electron chi connectivity index (χ4n) is 2.47. The van der Waals surface area contributed by atoms with Crippen molar-refractivity contribution >= 4 is 0 Å². The average Bonchev–Trinajstić information content (AvgIpc) is 2.25. The van der Waals surface area contributed by atoms with Gasteiger partial charge in [-0.1, -0.05) is 13.8 Å². The van der Waals surface area contributed by atoms with Crippen LogP contribution in [0.15, 0.2) is 18.5 Å². The Kier molecular flexibility index (Phi) is 4.11. The normalized spacial score (nSPS) is 23.8. The number of hydrogen-bond donors (Lipinski definition) is 1. The highest BCUT2D eigenvalue weighted by Crippen LogP contribution is 2.42. The van der Waals surface area contributed by atoms with Gasteiger partial charge in [0.1, 0.15) is 5.82 Å². The van der Waals surface area contributed by atoms with Crippen LogP contribution < -0.4 is 5.32 Å². The molecule has 1 heterocycles. The quantitative estimate of drug-likeness (QED) is 0.850. The maximum atomic E-state index is 13.6. The van der Waals surface area contributed by atoms with E-state index >= 15 is 0 Å². The minimum atomic E-state index is -0.147. The first-order valence-electron chi connectivity index (χ1n) is 6.48. The number of nitrogens with one attached hydrogen (secondary N) is 1. The van der Waals surface area contributed by atoms with Crippen LogP contribution in [-0.2, 0) is 0 Å². The molecule has 1 saturated carbocycles. The summed E-state index contributed by atoms with van der Waals surface area (Å²) in [5.41, 5.74) is 0.850. The van der Waals surface area contributed by atoms with Crippen molar-refractivity contribution in [3.8, 4) is 0 Å². The Morgan fingerprint density at radius 3 is 2.88 bits per heavy atom. The SMILES string of the molecule is CC(C)CNCC1CCC1c1ccncc1F. The zero-order chi connectivity index (χ0) is 12.3. The molecule has 2 nitrogen and oxygen atoms in total. The molecule has 17 heavy (non-hydrogen) atoms. The summed E-state index contributed by atoms with van der Waals surface area (Å²) >= 11 is 0. The molecule has 0 aliphatic heterocycles. The summed E-state index contributed by atoms with van der Waals surface area (Å²) in [4.78, 5) is 3.81. The van der Waals surface area contributed by atoms with Crippen LogP contribution in [0, 0.1) is 17.7 Å². The van der Waals surface area contributed by atoms with E-state index in [0.717, 1.165) is 25.1 Å². The van der Waals surface area contributed by atoms with Crippen LogP contribution in [0.4, 0.5) is 4.39 Å². The monoisotopic (exact) mass is 236 g/mol. The van der Waals surface area contributed by atoms with Crippen LogP contribution in [0.5, 0.6) is 0 Å². The number of aromatic nitrogens is 1.